The van der Waals surface area contributed by atoms with Crippen molar-refractivity contribution in [2.45, 2.75) is 66.2 Å². The Balaban J connectivity index is 0.000000861. The molecule has 2 rings (SSSR count). The van der Waals surface area contributed by atoms with Gasteiger partial charge in [-0.1, -0.05) is 71.9 Å². The van der Waals surface area contributed by atoms with Crippen LogP contribution in [0.1, 0.15) is 71.9 Å². The first-order valence-corrected chi connectivity index (χ1v) is 7.77. The molecule has 0 nitrogen and oxygen atoms in total. The summed E-state index contributed by atoms with van der Waals surface area (Å²) in [5.74, 6) is 0.868. The van der Waals surface area contributed by atoms with Crippen molar-refractivity contribution in [3.63, 3.8) is 0 Å². The highest BCUT2D eigenvalue weighted by Crippen LogP contribution is 2.31. The molecule has 106 valence electrons. The van der Waals surface area contributed by atoms with E-state index in [9.17, 15) is 0 Å². The summed E-state index contributed by atoms with van der Waals surface area (Å²) in [4.78, 5) is 0. The van der Waals surface area contributed by atoms with E-state index in [0.29, 0.717) is 0 Å². The van der Waals surface area contributed by atoms with Gasteiger partial charge in [-0.05, 0) is 47.3 Å². The molecular formula is C19H30. The Labute approximate surface area is 119 Å². The van der Waals surface area contributed by atoms with Gasteiger partial charge in [0.15, 0.2) is 0 Å². The Kier molecular flexibility index (Phi) is 5.85. The summed E-state index contributed by atoms with van der Waals surface area (Å²) in [6.45, 7) is 13.1. The monoisotopic (exact) mass is 258 g/mol. The van der Waals surface area contributed by atoms with Crippen molar-refractivity contribution in [3.05, 3.63) is 41.5 Å². The molecule has 0 radical (unpaired) electrons. The van der Waals surface area contributed by atoms with E-state index in [4.69, 9.17) is 0 Å². The topological polar surface area (TPSA) is 0 Å². The molecular weight excluding hydrogens is 228 g/mol. The summed E-state index contributed by atoms with van der Waals surface area (Å²) >= 11 is 0. The molecule has 1 aromatic carbocycles. The van der Waals surface area contributed by atoms with Gasteiger partial charge in [-0.3, -0.25) is 0 Å². The molecule has 0 bridgehead atoms. The lowest BCUT2D eigenvalue weighted by Gasteiger charge is -2.21. The normalized spacial score (nSPS) is 19.3. The van der Waals surface area contributed by atoms with Gasteiger partial charge < -0.3 is 0 Å². The predicted octanol–water partition coefficient (Wildman–Crippen LogP) is 6.21. The van der Waals surface area contributed by atoms with Gasteiger partial charge in [0.1, 0.15) is 0 Å². The van der Waals surface area contributed by atoms with E-state index >= 15 is 0 Å². The molecule has 0 N–H and O–H groups in total. The van der Waals surface area contributed by atoms with Crippen LogP contribution in [0, 0.1) is 5.92 Å². The van der Waals surface area contributed by atoms with Crippen molar-refractivity contribution in [3.8, 4) is 0 Å². The maximum absolute atomic E-state index is 2.43. The van der Waals surface area contributed by atoms with Gasteiger partial charge in [0, 0.05) is 0 Å². The molecule has 1 aliphatic carbocycles. The zero-order chi connectivity index (χ0) is 14.5. The van der Waals surface area contributed by atoms with Gasteiger partial charge in [-0.15, -0.1) is 0 Å². The van der Waals surface area contributed by atoms with Crippen LogP contribution < -0.4 is 0 Å². The first-order chi connectivity index (χ1) is 8.97. The number of hydrogen-bond acceptors (Lipinski definition) is 0. The second-order valence-electron chi connectivity index (χ2n) is 6.44. The maximum Gasteiger partial charge on any atom is -0.0132 e. The third kappa shape index (κ3) is 4.53. The smallest absolute Gasteiger partial charge is 0.0132 e. The van der Waals surface area contributed by atoms with Gasteiger partial charge >= 0.3 is 0 Å². The lowest BCUT2D eigenvalue weighted by Crippen LogP contribution is -2.10. The Morgan fingerprint density at radius 2 is 1.58 bits per heavy atom. The predicted molar refractivity (Wildman–Crippen MR) is 87.5 cm³/mol. The minimum Gasteiger partial charge on any atom is -0.0805 e. The van der Waals surface area contributed by atoms with Gasteiger partial charge in [0.05, 0.1) is 0 Å². The Morgan fingerprint density at radius 3 is 2.00 bits per heavy atom. The summed E-state index contributed by atoms with van der Waals surface area (Å²) in [6.07, 6.45) is 6.26. The summed E-state index contributed by atoms with van der Waals surface area (Å²) in [6, 6.07) is 9.16. The molecule has 0 fully saturated rings. The number of benzene rings is 1. The zero-order valence-electron chi connectivity index (χ0n) is 13.6. The van der Waals surface area contributed by atoms with Crippen LogP contribution in [-0.2, 0) is 5.41 Å². The van der Waals surface area contributed by atoms with Gasteiger partial charge in [0.25, 0.3) is 0 Å². The number of allylic oxidation sites excluding steroid dienone is 2. The van der Waals surface area contributed by atoms with Crippen molar-refractivity contribution < 1.29 is 0 Å². The first-order valence-electron chi connectivity index (χ1n) is 7.77. The molecule has 0 saturated carbocycles. The van der Waals surface area contributed by atoms with E-state index in [-0.39, 0.29) is 5.41 Å². The highest BCUT2D eigenvalue weighted by Gasteiger charge is 2.15. The fraction of sp³-hybridized carbons (Fsp3) is 0.579. The highest BCUT2D eigenvalue weighted by molar-refractivity contribution is 5.66. The highest BCUT2D eigenvalue weighted by atomic mass is 14.2. The van der Waals surface area contributed by atoms with E-state index in [1.807, 2.05) is 13.8 Å². The Bertz CT molecular complexity index is 401. The summed E-state index contributed by atoms with van der Waals surface area (Å²) in [5.41, 5.74) is 4.65. The Hall–Kier alpha value is -1.04. The van der Waals surface area contributed by atoms with Gasteiger partial charge in [0.2, 0.25) is 0 Å². The standard InChI is InChI=1S/C17H24.C2H6/c1-13-5-7-14(8-6-13)15-9-11-16(12-10-15)17(2,3)4;1-2/h7,9-13H,5-6,8H2,1-4H3;1-2H3. The molecule has 0 amide bonds. The quantitative estimate of drug-likeness (QED) is 0.561. The van der Waals surface area contributed by atoms with Crippen LogP contribution in [0.2, 0.25) is 0 Å². The van der Waals surface area contributed by atoms with Crippen molar-refractivity contribution >= 4 is 5.57 Å². The van der Waals surface area contributed by atoms with Gasteiger partial charge in [-0.2, -0.15) is 0 Å². The third-order valence-corrected chi connectivity index (χ3v) is 3.79. The first kappa shape index (κ1) is 16.0. The van der Waals surface area contributed by atoms with E-state index in [0.717, 1.165) is 5.92 Å². The van der Waals surface area contributed by atoms with E-state index < -0.39 is 0 Å². The minimum atomic E-state index is 0.258. The maximum atomic E-state index is 2.43. The molecule has 0 spiro atoms. The largest absolute Gasteiger partial charge is 0.0805 e. The van der Waals surface area contributed by atoms with E-state index in [1.165, 1.54) is 30.4 Å². The molecule has 0 saturated heterocycles. The minimum absolute atomic E-state index is 0.258. The fourth-order valence-electron chi connectivity index (χ4n) is 2.41. The van der Waals surface area contributed by atoms with Crippen molar-refractivity contribution in [1.29, 1.82) is 0 Å². The molecule has 1 aliphatic rings. The summed E-state index contributed by atoms with van der Waals surface area (Å²) in [5, 5.41) is 0. The molecule has 19 heavy (non-hydrogen) atoms. The fourth-order valence-corrected chi connectivity index (χ4v) is 2.41. The lowest BCUT2D eigenvalue weighted by molar-refractivity contribution is 0.534. The molecule has 1 unspecified atom stereocenters. The molecule has 1 aromatic rings. The molecule has 0 aliphatic heterocycles. The average molecular weight is 258 g/mol. The van der Waals surface area contributed by atoms with Crippen molar-refractivity contribution in [2.75, 3.05) is 0 Å². The molecule has 0 heteroatoms. The second kappa shape index (κ2) is 6.93. The molecule has 0 heterocycles. The van der Waals surface area contributed by atoms with Crippen LogP contribution in [0.3, 0.4) is 0 Å². The third-order valence-electron chi connectivity index (χ3n) is 3.79. The average Bonchev–Trinajstić information content (AvgIpc) is 2.41. The van der Waals surface area contributed by atoms with Crippen LogP contribution in [0.15, 0.2) is 30.3 Å². The summed E-state index contributed by atoms with van der Waals surface area (Å²) < 4.78 is 0. The van der Waals surface area contributed by atoms with Crippen molar-refractivity contribution in [1.82, 2.24) is 0 Å². The second-order valence-corrected chi connectivity index (χ2v) is 6.44. The summed E-state index contributed by atoms with van der Waals surface area (Å²) in [7, 11) is 0. The van der Waals surface area contributed by atoms with E-state index in [2.05, 4.69) is 58.0 Å². The van der Waals surface area contributed by atoms with Crippen LogP contribution in [0.4, 0.5) is 0 Å². The lowest BCUT2D eigenvalue weighted by atomic mass is 9.84. The van der Waals surface area contributed by atoms with Crippen LogP contribution in [-0.4, -0.2) is 0 Å². The van der Waals surface area contributed by atoms with Crippen LogP contribution in [0.25, 0.3) is 5.57 Å². The van der Waals surface area contributed by atoms with E-state index in [1.54, 1.807) is 5.57 Å². The van der Waals surface area contributed by atoms with Crippen LogP contribution in [0.5, 0.6) is 0 Å². The molecule has 0 aromatic heterocycles. The Morgan fingerprint density at radius 1 is 1.00 bits per heavy atom. The van der Waals surface area contributed by atoms with Crippen LogP contribution >= 0.6 is 0 Å². The number of hydrogen-bond donors (Lipinski definition) is 0. The molecule has 1 atom stereocenters. The zero-order valence-corrected chi connectivity index (χ0v) is 13.6. The SMILES string of the molecule is CC.CC1CC=C(c2ccc(C(C)(C)C)cc2)CC1. The van der Waals surface area contributed by atoms with Crippen molar-refractivity contribution in [2.24, 2.45) is 5.92 Å². The number of rotatable bonds is 1. The van der Waals surface area contributed by atoms with Gasteiger partial charge in [-0.25, -0.2) is 0 Å².